The number of hydrogen-bond acceptors (Lipinski definition) is 3. The van der Waals surface area contributed by atoms with E-state index in [1.165, 1.54) is 5.56 Å². The van der Waals surface area contributed by atoms with Crippen LogP contribution in [0, 0.1) is 0 Å². The standard InChI is InChI=1S/C22H24N3O2.3CH3.Sn/c26-21(17-25-16-19-9-4-5-10-20(19)22(25)27)24-12-6-11-23(13-14-24)15-18-7-2-1-3-8-18;;;;/h2-5,7-10H,6,11-17H2;3*1H3;. The summed E-state index contributed by atoms with van der Waals surface area (Å²) in [6.45, 7) is 5.01. The molecule has 2 aliphatic rings. The van der Waals surface area contributed by atoms with E-state index in [0.717, 1.165) is 50.3 Å². The summed E-state index contributed by atoms with van der Waals surface area (Å²) in [4.78, 5) is 38.9. The summed E-state index contributed by atoms with van der Waals surface area (Å²) < 4.78 is 1.56. The van der Waals surface area contributed by atoms with Crippen LogP contribution in [0.2, 0.25) is 14.8 Å². The Morgan fingerprint density at radius 2 is 1.68 bits per heavy atom. The monoisotopic (exact) mass is 527 g/mol. The van der Waals surface area contributed by atoms with E-state index in [4.69, 9.17) is 0 Å². The maximum atomic E-state index is 12.9. The molecule has 2 heterocycles. The van der Waals surface area contributed by atoms with Crippen LogP contribution in [0.25, 0.3) is 0 Å². The van der Waals surface area contributed by atoms with E-state index in [9.17, 15) is 9.59 Å². The second kappa shape index (κ2) is 9.33. The summed E-state index contributed by atoms with van der Waals surface area (Å²) in [6.07, 6.45) is 0.969. The molecule has 164 valence electrons. The van der Waals surface area contributed by atoms with Gasteiger partial charge in [0.05, 0.1) is 0 Å². The molecule has 1 fully saturated rings. The van der Waals surface area contributed by atoms with Gasteiger partial charge >= 0.3 is 138 Å². The summed E-state index contributed by atoms with van der Waals surface area (Å²) >= 11 is -2.00. The number of benzene rings is 2. The maximum absolute atomic E-state index is 12.9. The number of amides is 2. The summed E-state index contributed by atoms with van der Waals surface area (Å²) in [7, 11) is 0. The van der Waals surface area contributed by atoms with Gasteiger partial charge < -0.3 is 0 Å². The van der Waals surface area contributed by atoms with E-state index in [1.807, 2.05) is 29.2 Å². The number of nitrogens with zero attached hydrogens (tertiary/aromatic N) is 3. The quantitative estimate of drug-likeness (QED) is 0.564. The zero-order valence-corrected chi connectivity index (χ0v) is 21.8. The van der Waals surface area contributed by atoms with Crippen molar-refractivity contribution in [3.05, 3.63) is 65.2 Å². The second-order valence-electron chi connectivity index (χ2n) is 9.78. The van der Waals surface area contributed by atoms with Gasteiger partial charge in [-0.3, -0.25) is 4.79 Å². The fourth-order valence-electron chi connectivity index (χ4n) is 4.45. The Labute approximate surface area is 189 Å². The third-order valence-corrected chi connectivity index (χ3v) is 12.3. The SMILES string of the molecule is [CH3][Sn]([CH3])([CH3])[c]1ccc(CN2CCCN(C(=O)CN3Cc4ccccc4C3=O)CC2)cc1. The van der Waals surface area contributed by atoms with Crippen molar-refractivity contribution in [3.63, 3.8) is 0 Å². The van der Waals surface area contributed by atoms with Crippen molar-refractivity contribution in [2.45, 2.75) is 34.3 Å². The molecule has 2 amide bonds. The first kappa shape index (κ1) is 22.3. The first-order valence-corrected chi connectivity index (χ1v) is 21.3. The summed E-state index contributed by atoms with van der Waals surface area (Å²) in [5, 5.41) is 0. The van der Waals surface area contributed by atoms with Crippen LogP contribution in [0.1, 0.15) is 27.9 Å². The van der Waals surface area contributed by atoms with Crippen LogP contribution in [0.5, 0.6) is 0 Å². The van der Waals surface area contributed by atoms with Crippen LogP contribution in [-0.2, 0) is 17.9 Å². The molecule has 5 nitrogen and oxygen atoms in total. The van der Waals surface area contributed by atoms with Crippen LogP contribution in [0.3, 0.4) is 0 Å². The van der Waals surface area contributed by atoms with Crippen molar-refractivity contribution in [2.24, 2.45) is 0 Å². The molecule has 0 saturated carbocycles. The molecule has 6 heteroatoms. The molecule has 2 aromatic carbocycles. The van der Waals surface area contributed by atoms with Crippen LogP contribution < -0.4 is 3.58 Å². The topological polar surface area (TPSA) is 43.9 Å². The molecule has 0 unspecified atom stereocenters. The Morgan fingerprint density at radius 3 is 2.39 bits per heavy atom. The normalized spacial score (nSPS) is 17.6. The van der Waals surface area contributed by atoms with Crippen molar-refractivity contribution in [2.75, 3.05) is 32.7 Å². The Bertz CT molecular complexity index is 952. The predicted molar refractivity (Wildman–Crippen MR) is 127 cm³/mol. The van der Waals surface area contributed by atoms with Crippen molar-refractivity contribution < 1.29 is 9.59 Å². The van der Waals surface area contributed by atoms with Gasteiger partial charge in [-0.15, -0.1) is 0 Å². The Kier molecular flexibility index (Phi) is 6.72. The molecule has 2 aliphatic heterocycles. The Hall–Kier alpha value is -1.86. The second-order valence-corrected chi connectivity index (χ2v) is 24.3. The molecule has 0 N–H and O–H groups in total. The summed E-state index contributed by atoms with van der Waals surface area (Å²) in [5.74, 6) is 0.0359. The Balaban J connectivity index is 1.30. The number of carbonyl (C=O) groups is 2. The van der Waals surface area contributed by atoms with E-state index in [-0.39, 0.29) is 18.4 Å². The first-order valence-electron chi connectivity index (χ1n) is 11.3. The summed E-state index contributed by atoms with van der Waals surface area (Å²) in [6, 6.07) is 16.9. The minimum absolute atomic E-state index is 0.0243. The number of fused-ring (bicyclic) bond motifs is 1. The first-order chi connectivity index (χ1) is 14.8. The molecule has 0 radical (unpaired) electrons. The fraction of sp³-hybridized carbons (Fsp3) is 0.440. The van der Waals surface area contributed by atoms with E-state index in [2.05, 4.69) is 44.0 Å². The minimum atomic E-state index is -2.00. The van der Waals surface area contributed by atoms with Gasteiger partial charge in [0.25, 0.3) is 5.91 Å². The van der Waals surface area contributed by atoms with Crippen LogP contribution in [0.4, 0.5) is 0 Å². The molecule has 0 atom stereocenters. The zero-order valence-electron chi connectivity index (χ0n) is 18.9. The van der Waals surface area contributed by atoms with Gasteiger partial charge in [-0.25, -0.2) is 0 Å². The third kappa shape index (κ3) is 5.32. The van der Waals surface area contributed by atoms with Crippen molar-refractivity contribution >= 4 is 33.8 Å². The number of hydrogen-bond donors (Lipinski definition) is 0. The molecule has 0 aliphatic carbocycles. The van der Waals surface area contributed by atoms with E-state index < -0.39 is 18.4 Å². The van der Waals surface area contributed by atoms with E-state index >= 15 is 0 Å². The number of rotatable bonds is 5. The van der Waals surface area contributed by atoms with Gasteiger partial charge in [0.2, 0.25) is 0 Å². The van der Waals surface area contributed by atoms with E-state index in [0.29, 0.717) is 6.54 Å². The van der Waals surface area contributed by atoms with Gasteiger partial charge in [0, 0.05) is 12.1 Å². The van der Waals surface area contributed by atoms with Gasteiger partial charge in [0.15, 0.2) is 0 Å². The molecular formula is C25H33N3O2Sn. The predicted octanol–water partition coefficient (Wildman–Crippen LogP) is 2.92. The summed E-state index contributed by atoms with van der Waals surface area (Å²) in [5.41, 5.74) is 3.10. The number of carbonyl (C=O) groups excluding carboxylic acids is 2. The molecule has 2 aromatic rings. The molecule has 1 saturated heterocycles. The molecule has 0 spiro atoms. The van der Waals surface area contributed by atoms with Crippen molar-refractivity contribution in [1.29, 1.82) is 0 Å². The molecule has 0 aromatic heterocycles. The average molecular weight is 526 g/mol. The average Bonchev–Trinajstić information content (AvgIpc) is 2.90. The van der Waals surface area contributed by atoms with Gasteiger partial charge in [-0.1, -0.05) is 18.2 Å². The molecule has 4 rings (SSSR count). The van der Waals surface area contributed by atoms with Gasteiger partial charge in [0.1, 0.15) is 0 Å². The zero-order chi connectivity index (χ0) is 22.0. The Morgan fingerprint density at radius 1 is 0.935 bits per heavy atom. The van der Waals surface area contributed by atoms with Crippen LogP contribution in [-0.4, -0.2) is 77.6 Å². The van der Waals surface area contributed by atoms with Crippen molar-refractivity contribution in [1.82, 2.24) is 14.7 Å². The van der Waals surface area contributed by atoms with Gasteiger partial charge in [-0.05, 0) is 11.6 Å². The van der Waals surface area contributed by atoms with Crippen molar-refractivity contribution in [3.8, 4) is 0 Å². The van der Waals surface area contributed by atoms with Crippen LogP contribution in [0.15, 0.2) is 48.5 Å². The molecular weight excluding hydrogens is 493 g/mol. The molecule has 31 heavy (non-hydrogen) atoms. The van der Waals surface area contributed by atoms with E-state index in [1.54, 1.807) is 8.48 Å². The van der Waals surface area contributed by atoms with Gasteiger partial charge in [-0.2, -0.15) is 0 Å². The van der Waals surface area contributed by atoms with Crippen LogP contribution >= 0.6 is 0 Å². The molecule has 0 bridgehead atoms. The fourth-order valence-corrected chi connectivity index (χ4v) is 7.78. The third-order valence-electron chi connectivity index (χ3n) is 6.39.